The summed E-state index contributed by atoms with van der Waals surface area (Å²) < 4.78 is 0. The molecule has 108 valence electrons. The minimum Gasteiger partial charge on any atom is -0.313 e. The van der Waals surface area contributed by atoms with Crippen LogP contribution in [-0.4, -0.2) is 37.1 Å². The van der Waals surface area contributed by atoms with Gasteiger partial charge in [0.25, 0.3) is 0 Å². The molecular formula is C16H34N2. The van der Waals surface area contributed by atoms with E-state index in [1.807, 2.05) is 0 Å². The van der Waals surface area contributed by atoms with Gasteiger partial charge in [0.1, 0.15) is 0 Å². The first-order chi connectivity index (χ1) is 8.54. The lowest BCUT2D eigenvalue weighted by molar-refractivity contribution is 0.130. The molecule has 0 amide bonds. The molecule has 1 rings (SSSR count). The number of nitrogens with zero attached hydrogens (tertiary/aromatic N) is 1. The third-order valence-corrected chi connectivity index (χ3v) is 4.45. The number of rotatable bonds is 10. The molecule has 1 fully saturated rings. The van der Waals surface area contributed by atoms with Crippen LogP contribution in [0.1, 0.15) is 66.2 Å². The van der Waals surface area contributed by atoms with E-state index in [0.29, 0.717) is 5.41 Å². The van der Waals surface area contributed by atoms with E-state index in [-0.39, 0.29) is 0 Å². The van der Waals surface area contributed by atoms with Gasteiger partial charge in [-0.15, -0.1) is 0 Å². The van der Waals surface area contributed by atoms with Gasteiger partial charge in [-0.3, -0.25) is 0 Å². The van der Waals surface area contributed by atoms with Crippen LogP contribution in [-0.2, 0) is 0 Å². The molecule has 0 aromatic heterocycles. The van der Waals surface area contributed by atoms with Gasteiger partial charge in [-0.2, -0.15) is 0 Å². The second-order valence-electron chi connectivity index (χ2n) is 6.60. The minimum absolute atomic E-state index is 0.439. The lowest BCUT2D eigenvalue weighted by Crippen LogP contribution is -2.44. The highest BCUT2D eigenvalue weighted by Gasteiger charge is 2.30. The van der Waals surface area contributed by atoms with Gasteiger partial charge in [0, 0.05) is 25.2 Å². The Hall–Kier alpha value is -0.0800. The van der Waals surface area contributed by atoms with Gasteiger partial charge >= 0.3 is 0 Å². The maximum absolute atomic E-state index is 3.74. The maximum atomic E-state index is 3.74. The van der Waals surface area contributed by atoms with Crippen molar-refractivity contribution in [2.24, 2.45) is 5.41 Å². The Kier molecular flexibility index (Phi) is 6.65. The number of hydrogen-bond acceptors (Lipinski definition) is 2. The fourth-order valence-corrected chi connectivity index (χ4v) is 3.15. The zero-order valence-corrected chi connectivity index (χ0v) is 13.3. The molecule has 0 bridgehead atoms. The smallest absolute Gasteiger partial charge is 0.00872 e. The lowest BCUT2D eigenvalue weighted by Gasteiger charge is -2.37. The Morgan fingerprint density at radius 2 is 1.83 bits per heavy atom. The molecule has 0 heterocycles. The van der Waals surface area contributed by atoms with Gasteiger partial charge in [0.05, 0.1) is 0 Å². The van der Waals surface area contributed by atoms with E-state index in [1.165, 1.54) is 51.6 Å². The van der Waals surface area contributed by atoms with Crippen molar-refractivity contribution in [2.45, 2.75) is 78.3 Å². The first kappa shape index (κ1) is 16.0. The molecule has 0 spiro atoms. The zero-order chi connectivity index (χ0) is 13.6. The van der Waals surface area contributed by atoms with Crippen LogP contribution in [0.3, 0.4) is 0 Å². The average Bonchev–Trinajstić information content (AvgIpc) is 3.12. The Morgan fingerprint density at radius 1 is 1.22 bits per heavy atom. The van der Waals surface area contributed by atoms with E-state index >= 15 is 0 Å². The molecule has 0 radical (unpaired) electrons. The second kappa shape index (κ2) is 7.49. The molecule has 1 N–H and O–H groups in total. The molecule has 1 aliphatic carbocycles. The van der Waals surface area contributed by atoms with Crippen molar-refractivity contribution in [1.82, 2.24) is 10.2 Å². The summed E-state index contributed by atoms with van der Waals surface area (Å²) in [6.07, 6.45) is 7.95. The predicted octanol–water partition coefficient (Wildman–Crippen LogP) is 3.67. The Labute approximate surface area is 115 Å². The molecule has 2 nitrogen and oxygen atoms in total. The van der Waals surface area contributed by atoms with Crippen LogP contribution in [0.4, 0.5) is 0 Å². The van der Waals surface area contributed by atoms with E-state index < -0.39 is 0 Å². The van der Waals surface area contributed by atoms with E-state index in [2.05, 4.69) is 45.0 Å². The molecule has 1 unspecified atom stereocenters. The molecule has 1 saturated carbocycles. The molecule has 0 saturated heterocycles. The van der Waals surface area contributed by atoms with Crippen LogP contribution in [0.25, 0.3) is 0 Å². The summed E-state index contributed by atoms with van der Waals surface area (Å²) in [5, 5.41) is 3.74. The molecule has 0 aliphatic heterocycles. The molecule has 1 atom stereocenters. The van der Waals surface area contributed by atoms with Crippen LogP contribution in [0.15, 0.2) is 0 Å². The highest BCUT2D eigenvalue weighted by Crippen LogP contribution is 2.27. The summed E-state index contributed by atoms with van der Waals surface area (Å²) in [7, 11) is 2.31. The van der Waals surface area contributed by atoms with Crippen LogP contribution in [0.5, 0.6) is 0 Å². The first-order valence-corrected chi connectivity index (χ1v) is 7.98. The predicted molar refractivity (Wildman–Crippen MR) is 81.0 cm³/mol. The highest BCUT2D eigenvalue weighted by atomic mass is 15.1. The van der Waals surface area contributed by atoms with E-state index in [9.17, 15) is 0 Å². The molecule has 0 aromatic carbocycles. The van der Waals surface area contributed by atoms with Crippen molar-refractivity contribution >= 4 is 0 Å². The normalized spacial score (nSPS) is 19.5. The van der Waals surface area contributed by atoms with Crippen LogP contribution >= 0.6 is 0 Å². The maximum Gasteiger partial charge on any atom is 0.00872 e. The second-order valence-corrected chi connectivity index (χ2v) is 6.60. The minimum atomic E-state index is 0.439. The zero-order valence-electron chi connectivity index (χ0n) is 13.3. The van der Waals surface area contributed by atoms with Crippen molar-refractivity contribution in [1.29, 1.82) is 0 Å². The van der Waals surface area contributed by atoms with Crippen molar-refractivity contribution in [3.8, 4) is 0 Å². The molecular weight excluding hydrogens is 220 g/mol. The lowest BCUT2D eigenvalue weighted by atomic mass is 9.84. The van der Waals surface area contributed by atoms with Gasteiger partial charge in [-0.05, 0) is 44.6 Å². The van der Waals surface area contributed by atoms with Crippen LogP contribution in [0, 0.1) is 5.41 Å². The molecule has 2 heteroatoms. The van der Waals surface area contributed by atoms with Gasteiger partial charge in [0.15, 0.2) is 0 Å². The summed E-state index contributed by atoms with van der Waals surface area (Å²) in [5.74, 6) is 0. The standard InChI is InChI=1S/C16H34N2/c1-6-11-16(4,12-17-14-9-10-14)13-18(5)15(7-2)8-3/h14-15,17H,6-13H2,1-5H3. The number of nitrogens with one attached hydrogen (secondary N) is 1. The monoisotopic (exact) mass is 254 g/mol. The van der Waals surface area contributed by atoms with Crippen molar-refractivity contribution in [2.75, 3.05) is 20.1 Å². The molecule has 0 aromatic rings. The first-order valence-electron chi connectivity index (χ1n) is 7.98. The fraction of sp³-hybridized carbons (Fsp3) is 1.00. The summed E-state index contributed by atoms with van der Waals surface area (Å²) in [4.78, 5) is 2.59. The topological polar surface area (TPSA) is 15.3 Å². The fourth-order valence-electron chi connectivity index (χ4n) is 3.15. The van der Waals surface area contributed by atoms with Crippen LogP contribution < -0.4 is 5.32 Å². The van der Waals surface area contributed by atoms with E-state index in [0.717, 1.165) is 12.1 Å². The number of hydrogen-bond donors (Lipinski definition) is 1. The Bertz CT molecular complexity index is 221. The summed E-state index contributed by atoms with van der Waals surface area (Å²) in [5.41, 5.74) is 0.439. The molecule has 1 aliphatic rings. The SMILES string of the molecule is CCCC(C)(CNC1CC1)CN(C)C(CC)CC. The van der Waals surface area contributed by atoms with Gasteiger partial charge in [-0.1, -0.05) is 34.1 Å². The summed E-state index contributed by atoms with van der Waals surface area (Å²) in [6, 6.07) is 1.58. The highest BCUT2D eigenvalue weighted by molar-refractivity contribution is 4.87. The van der Waals surface area contributed by atoms with Gasteiger partial charge in [-0.25, -0.2) is 0 Å². The average molecular weight is 254 g/mol. The van der Waals surface area contributed by atoms with Crippen molar-refractivity contribution in [3.63, 3.8) is 0 Å². The summed E-state index contributed by atoms with van der Waals surface area (Å²) in [6.45, 7) is 11.8. The third-order valence-electron chi connectivity index (χ3n) is 4.45. The summed E-state index contributed by atoms with van der Waals surface area (Å²) >= 11 is 0. The Morgan fingerprint density at radius 3 is 2.28 bits per heavy atom. The van der Waals surface area contributed by atoms with E-state index in [4.69, 9.17) is 0 Å². The third kappa shape index (κ3) is 5.27. The quantitative estimate of drug-likeness (QED) is 0.640. The Balaban J connectivity index is 2.47. The van der Waals surface area contributed by atoms with E-state index in [1.54, 1.807) is 0 Å². The largest absolute Gasteiger partial charge is 0.313 e. The van der Waals surface area contributed by atoms with Gasteiger partial charge < -0.3 is 10.2 Å². The molecule has 18 heavy (non-hydrogen) atoms. The van der Waals surface area contributed by atoms with Crippen molar-refractivity contribution in [3.05, 3.63) is 0 Å². The van der Waals surface area contributed by atoms with Gasteiger partial charge in [0.2, 0.25) is 0 Å². The van der Waals surface area contributed by atoms with Crippen LogP contribution in [0.2, 0.25) is 0 Å². The van der Waals surface area contributed by atoms with Crippen molar-refractivity contribution < 1.29 is 0 Å².